The highest BCUT2D eigenvalue weighted by Crippen LogP contribution is 2.10. The van der Waals surface area contributed by atoms with Gasteiger partial charge < -0.3 is 4.74 Å². The summed E-state index contributed by atoms with van der Waals surface area (Å²) in [4.78, 5) is 10.1. The molecule has 16 heavy (non-hydrogen) atoms. The van der Waals surface area contributed by atoms with E-state index >= 15 is 0 Å². The van der Waals surface area contributed by atoms with Crippen molar-refractivity contribution in [3.8, 4) is 0 Å². The Kier molecular flexibility index (Phi) is 13.0. The van der Waals surface area contributed by atoms with Crippen LogP contribution in [0.4, 0.5) is 4.79 Å². The summed E-state index contributed by atoms with van der Waals surface area (Å²) in [5.41, 5.74) is 0. The SMILES string of the molecule is CCCCCCCCCCCCOC(=O)Br. The predicted molar refractivity (Wildman–Crippen MR) is 72.1 cm³/mol. The van der Waals surface area contributed by atoms with Crippen molar-refractivity contribution in [3.63, 3.8) is 0 Å². The third-order valence-electron chi connectivity index (χ3n) is 2.71. The standard InChI is InChI=1S/C13H25BrO2/c1-2-3-4-5-6-7-8-9-10-11-12-16-13(14)15/h2-12H2,1H3. The van der Waals surface area contributed by atoms with Crippen molar-refractivity contribution in [2.24, 2.45) is 0 Å². The molecule has 0 saturated carbocycles. The lowest BCUT2D eigenvalue weighted by Crippen LogP contribution is -1.95. The fourth-order valence-corrected chi connectivity index (χ4v) is 1.90. The highest BCUT2D eigenvalue weighted by molar-refractivity contribution is 9.18. The van der Waals surface area contributed by atoms with E-state index in [1.165, 1.54) is 57.8 Å². The van der Waals surface area contributed by atoms with E-state index in [9.17, 15) is 4.79 Å². The quantitative estimate of drug-likeness (QED) is 0.374. The zero-order chi connectivity index (χ0) is 12.1. The van der Waals surface area contributed by atoms with E-state index in [1.807, 2.05) is 0 Å². The lowest BCUT2D eigenvalue weighted by atomic mass is 10.1. The van der Waals surface area contributed by atoms with E-state index in [0.29, 0.717) is 6.61 Å². The van der Waals surface area contributed by atoms with Crippen molar-refractivity contribution in [2.75, 3.05) is 6.61 Å². The number of halogens is 1. The summed E-state index contributed by atoms with van der Waals surface area (Å²) in [6.45, 7) is 2.81. The highest BCUT2D eigenvalue weighted by Gasteiger charge is 1.95. The van der Waals surface area contributed by atoms with Gasteiger partial charge in [0, 0.05) is 15.9 Å². The molecule has 0 radical (unpaired) electrons. The van der Waals surface area contributed by atoms with Gasteiger partial charge in [-0.3, -0.25) is 0 Å². The molecule has 0 spiro atoms. The Hall–Kier alpha value is -0.0500. The van der Waals surface area contributed by atoms with Crippen LogP contribution < -0.4 is 0 Å². The van der Waals surface area contributed by atoms with Crippen LogP contribution in [0.15, 0.2) is 0 Å². The summed E-state index contributed by atoms with van der Waals surface area (Å²) in [5, 5.41) is 0. The van der Waals surface area contributed by atoms with Crippen LogP contribution in [0, 0.1) is 0 Å². The molecule has 0 bridgehead atoms. The summed E-state index contributed by atoms with van der Waals surface area (Å²) < 4.78 is 4.79. The molecule has 0 fully saturated rings. The van der Waals surface area contributed by atoms with Crippen LogP contribution in [0.1, 0.15) is 71.1 Å². The largest absolute Gasteiger partial charge is 0.457 e. The number of hydrogen-bond acceptors (Lipinski definition) is 2. The Morgan fingerprint density at radius 1 is 0.875 bits per heavy atom. The van der Waals surface area contributed by atoms with Gasteiger partial charge in [0.25, 0.3) is 0 Å². The molecule has 0 saturated heterocycles. The van der Waals surface area contributed by atoms with E-state index in [2.05, 4.69) is 22.9 Å². The molecule has 3 heteroatoms. The molecule has 0 rings (SSSR count). The van der Waals surface area contributed by atoms with Gasteiger partial charge in [-0.05, 0) is 6.42 Å². The van der Waals surface area contributed by atoms with E-state index in [1.54, 1.807) is 0 Å². The fraction of sp³-hybridized carbons (Fsp3) is 0.923. The molecule has 0 aromatic rings. The first-order valence-electron chi connectivity index (χ1n) is 6.59. The maximum Gasteiger partial charge on any atom is 0.374 e. The zero-order valence-electron chi connectivity index (χ0n) is 10.5. The summed E-state index contributed by atoms with van der Waals surface area (Å²) in [7, 11) is 0. The minimum absolute atomic E-state index is 0.344. The van der Waals surface area contributed by atoms with E-state index in [-0.39, 0.29) is 4.88 Å². The molecular weight excluding hydrogens is 268 g/mol. The summed E-state index contributed by atoms with van der Waals surface area (Å²) >= 11 is 2.74. The molecule has 0 aliphatic carbocycles. The minimum atomic E-state index is -0.344. The first kappa shape index (κ1) is 16.0. The molecule has 0 amide bonds. The molecule has 0 atom stereocenters. The van der Waals surface area contributed by atoms with Crippen LogP contribution in [0.2, 0.25) is 0 Å². The summed E-state index contributed by atoms with van der Waals surface area (Å²) in [6.07, 6.45) is 13.0. The summed E-state index contributed by atoms with van der Waals surface area (Å²) in [5.74, 6) is 0. The molecule has 0 aromatic heterocycles. The molecule has 0 aliphatic heterocycles. The van der Waals surface area contributed by atoms with Crippen LogP contribution >= 0.6 is 15.9 Å². The van der Waals surface area contributed by atoms with Crippen molar-refractivity contribution in [2.45, 2.75) is 71.1 Å². The van der Waals surface area contributed by atoms with E-state index < -0.39 is 0 Å². The monoisotopic (exact) mass is 292 g/mol. The predicted octanol–water partition coefficient (Wildman–Crippen LogP) is 5.44. The molecular formula is C13H25BrO2. The highest BCUT2D eigenvalue weighted by atomic mass is 79.9. The normalized spacial score (nSPS) is 10.4. The smallest absolute Gasteiger partial charge is 0.374 e. The Labute approximate surface area is 108 Å². The van der Waals surface area contributed by atoms with E-state index in [4.69, 9.17) is 4.74 Å². The maximum atomic E-state index is 10.4. The van der Waals surface area contributed by atoms with Crippen molar-refractivity contribution < 1.29 is 9.53 Å². The fourth-order valence-electron chi connectivity index (χ4n) is 1.74. The third kappa shape index (κ3) is 13.9. The Balaban J connectivity index is 2.90. The van der Waals surface area contributed by atoms with Gasteiger partial charge in [0.15, 0.2) is 0 Å². The summed E-state index contributed by atoms with van der Waals surface area (Å²) in [6, 6.07) is 0. The molecule has 0 heterocycles. The Morgan fingerprint density at radius 2 is 1.31 bits per heavy atom. The molecule has 96 valence electrons. The zero-order valence-corrected chi connectivity index (χ0v) is 12.1. The van der Waals surface area contributed by atoms with Gasteiger partial charge in [0.2, 0.25) is 0 Å². The van der Waals surface area contributed by atoms with Gasteiger partial charge >= 0.3 is 4.88 Å². The molecule has 0 aromatic carbocycles. The average molecular weight is 293 g/mol. The van der Waals surface area contributed by atoms with Crippen LogP contribution in [-0.2, 0) is 4.74 Å². The molecule has 0 unspecified atom stereocenters. The van der Waals surface area contributed by atoms with Crippen molar-refractivity contribution >= 4 is 20.8 Å². The number of hydrogen-bond donors (Lipinski definition) is 0. The third-order valence-corrected chi connectivity index (χ3v) is 2.94. The lowest BCUT2D eigenvalue weighted by Gasteiger charge is -2.02. The lowest BCUT2D eigenvalue weighted by molar-refractivity contribution is 0.174. The number of rotatable bonds is 11. The first-order valence-corrected chi connectivity index (χ1v) is 7.39. The van der Waals surface area contributed by atoms with Crippen LogP contribution in [0.25, 0.3) is 0 Å². The number of carbonyl (C=O) groups is 1. The molecule has 0 aliphatic rings. The average Bonchev–Trinajstić information content (AvgIpc) is 2.25. The van der Waals surface area contributed by atoms with Crippen LogP contribution in [0.5, 0.6) is 0 Å². The van der Waals surface area contributed by atoms with Crippen molar-refractivity contribution in [1.82, 2.24) is 0 Å². The van der Waals surface area contributed by atoms with Crippen molar-refractivity contribution in [3.05, 3.63) is 0 Å². The van der Waals surface area contributed by atoms with Gasteiger partial charge in [-0.1, -0.05) is 64.7 Å². The van der Waals surface area contributed by atoms with Crippen LogP contribution in [0.3, 0.4) is 0 Å². The van der Waals surface area contributed by atoms with E-state index in [0.717, 1.165) is 6.42 Å². The Bertz CT molecular complexity index is 160. The van der Waals surface area contributed by atoms with Gasteiger partial charge in [0.1, 0.15) is 0 Å². The second-order valence-electron chi connectivity index (χ2n) is 4.27. The van der Waals surface area contributed by atoms with Gasteiger partial charge in [0.05, 0.1) is 6.61 Å². The van der Waals surface area contributed by atoms with Crippen molar-refractivity contribution in [1.29, 1.82) is 0 Å². The number of carbonyl (C=O) groups excluding carboxylic acids is 1. The number of ether oxygens (including phenoxy) is 1. The van der Waals surface area contributed by atoms with Gasteiger partial charge in [-0.25, -0.2) is 4.79 Å². The topological polar surface area (TPSA) is 26.3 Å². The van der Waals surface area contributed by atoms with Gasteiger partial charge in [-0.2, -0.15) is 0 Å². The molecule has 0 N–H and O–H groups in total. The maximum absolute atomic E-state index is 10.4. The van der Waals surface area contributed by atoms with Gasteiger partial charge in [-0.15, -0.1) is 0 Å². The van der Waals surface area contributed by atoms with Crippen LogP contribution in [-0.4, -0.2) is 11.5 Å². The first-order chi connectivity index (χ1) is 7.77. The Morgan fingerprint density at radius 3 is 1.75 bits per heavy atom. The second kappa shape index (κ2) is 13.0. The second-order valence-corrected chi connectivity index (χ2v) is 4.92. The molecule has 2 nitrogen and oxygen atoms in total. The number of unbranched alkanes of at least 4 members (excludes halogenated alkanes) is 9. The minimum Gasteiger partial charge on any atom is -0.457 e.